The molecule has 6 heteroatoms. The van der Waals surface area contributed by atoms with Gasteiger partial charge in [-0.05, 0) is 61.9 Å². The Morgan fingerprint density at radius 3 is 2.50 bits per heavy atom. The smallest absolute Gasteiger partial charge is 0.339 e. The normalized spacial score (nSPS) is 10.6. The van der Waals surface area contributed by atoms with E-state index < -0.39 is 5.97 Å². The highest BCUT2D eigenvalue weighted by atomic mass is 16.5. The molecule has 30 heavy (non-hydrogen) atoms. The Morgan fingerprint density at radius 1 is 1.07 bits per heavy atom. The molecule has 0 aliphatic heterocycles. The van der Waals surface area contributed by atoms with Gasteiger partial charge in [0.25, 0.3) is 0 Å². The summed E-state index contributed by atoms with van der Waals surface area (Å²) in [5.74, 6) is 0.242. The predicted octanol–water partition coefficient (Wildman–Crippen LogP) is 4.46. The predicted molar refractivity (Wildman–Crippen MR) is 117 cm³/mol. The van der Waals surface area contributed by atoms with Crippen LogP contribution in [0.15, 0.2) is 54.7 Å². The molecule has 3 rings (SSSR count). The van der Waals surface area contributed by atoms with Crippen LogP contribution in [0.1, 0.15) is 39.2 Å². The van der Waals surface area contributed by atoms with E-state index in [2.05, 4.69) is 33.5 Å². The zero-order chi connectivity index (χ0) is 21.3. The van der Waals surface area contributed by atoms with Crippen molar-refractivity contribution < 1.29 is 14.6 Å². The summed E-state index contributed by atoms with van der Waals surface area (Å²) in [6.45, 7) is 5.05. The van der Waals surface area contributed by atoms with Crippen molar-refractivity contribution in [2.75, 3.05) is 18.5 Å². The maximum atomic E-state index is 11.5. The first-order valence-corrected chi connectivity index (χ1v) is 10.1. The van der Waals surface area contributed by atoms with Gasteiger partial charge in [0.15, 0.2) is 0 Å². The zero-order valence-electron chi connectivity index (χ0n) is 17.4. The molecule has 3 aromatic rings. The van der Waals surface area contributed by atoms with Crippen LogP contribution in [0.3, 0.4) is 0 Å². The number of nitrogens with one attached hydrogen (secondary N) is 1. The molecular formula is C24H27N3O3. The second kappa shape index (κ2) is 10.4. The fraction of sp³-hybridized carbons (Fsp3) is 0.292. The molecular weight excluding hydrogens is 378 g/mol. The van der Waals surface area contributed by atoms with Crippen molar-refractivity contribution in [3.05, 3.63) is 82.7 Å². The van der Waals surface area contributed by atoms with Gasteiger partial charge in [0, 0.05) is 6.20 Å². The van der Waals surface area contributed by atoms with E-state index in [1.54, 1.807) is 0 Å². The van der Waals surface area contributed by atoms with Crippen LogP contribution in [0, 0.1) is 13.8 Å². The standard InChI is InChI=1S/C24H27N3O3/c1-17-13-18(2)15-20(14-17)30-12-11-25-24-26-16-21(23(28)29)22(27-24)10-6-9-19-7-4-3-5-8-19/h3-5,7-8,13-16H,6,9-12H2,1-2H3,(H,28,29)(H,25,26,27). The number of carboxylic acid groups (broad SMARTS) is 1. The summed E-state index contributed by atoms with van der Waals surface area (Å²) in [4.78, 5) is 20.1. The zero-order valence-corrected chi connectivity index (χ0v) is 17.4. The first kappa shape index (κ1) is 21.3. The minimum Gasteiger partial charge on any atom is -0.492 e. The maximum absolute atomic E-state index is 11.5. The third-order valence-corrected chi connectivity index (χ3v) is 4.67. The molecule has 1 heterocycles. The van der Waals surface area contributed by atoms with Crippen LogP contribution in [0.5, 0.6) is 5.75 Å². The van der Waals surface area contributed by atoms with E-state index in [1.165, 1.54) is 11.8 Å². The number of benzene rings is 2. The maximum Gasteiger partial charge on any atom is 0.339 e. The van der Waals surface area contributed by atoms with Crippen LogP contribution in [0.25, 0.3) is 0 Å². The van der Waals surface area contributed by atoms with Crippen molar-refractivity contribution in [3.63, 3.8) is 0 Å². The van der Waals surface area contributed by atoms with Gasteiger partial charge in [-0.25, -0.2) is 14.8 Å². The highest BCUT2D eigenvalue weighted by Crippen LogP contribution is 2.16. The Bertz CT molecular complexity index is 970. The molecule has 0 aliphatic carbocycles. The van der Waals surface area contributed by atoms with Gasteiger partial charge in [-0.2, -0.15) is 0 Å². The van der Waals surface area contributed by atoms with Gasteiger partial charge in [-0.3, -0.25) is 0 Å². The second-order valence-electron chi connectivity index (χ2n) is 7.30. The minimum atomic E-state index is -1.01. The summed E-state index contributed by atoms with van der Waals surface area (Å²) in [5.41, 5.74) is 4.24. The monoisotopic (exact) mass is 405 g/mol. The SMILES string of the molecule is Cc1cc(C)cc(OCCNc2ncc(C(=O)O)c(CCCc3ccccc3)n2)c1. The quantitative estimate of drug-likeness (QED) is 0.485. The number of ether oxygens (including phenoxy) is 1. The molecule has 0 radical (unpaired) electrons. The lowest BCUT2D eigenvalue weighted by Crippen LogP contribution is -2.15. The van der Waals surface area contributed by atoms with E-state index >= 15 is 0 Å². The number of aryl methyl sites for hydroxylation is 4. The van der Waals surface area contributed by atoms with Crippen molar-refractivity contribution in [1.29, 1.82) is 0 Å². The molecule has 0 saturated heterocycles. The van der Waals surface area contributed by atoms with Crippen molar-refractivity contribution in [2.45, 2.75) is 33.1 Å². The van der Waals surface area contributed by atoms with E-state index in [0.29, 0.717) is 31.2 Å². The molecule has 1 aromatic heterocycles. The lowest BCUT2D eigenvalue weighted by Gasteiger charge is -2.11. The molecule has 156 valence electrons. The first-order valence-electron chi connectivity index (χ1n) is 10.1. The van der Waals surface area contributed by atoms with E-state index in [4.69, 9.17) is 4.74 Å². The topological polar surface area (TPSA) is 84.3 Å². The van der Waals surface area contributed by atoms with Crippen molar-refractivity contribution in [2.24, 2.45) is 0 Å². The Labute approximate surface area is 177 Å². The number of anilines is 1. The second-order valence-corrected chi connectivity index (χ2v) is 7.30. The Hall–Kier alpha value is -3.41. The Balaban J connectivity index is 1.55. The number of nitrogens with zero attached hydrogens (tertiary/aromatic N) is 2. The minimum absolute atomic E-state index is 0.153. The van der Waals surface area contributed by atoms with E-state index in [9.17, 15) is 9.90 Å². The third-order valence-electron chi connectivity index (χ3n) is 4.67. The highest BCUT2D eigenvalue weighted by molar-refractivity contribution is 5.88. The van der Waals surface area contributed by atoms with Gasteiger partial charge in [0.2, 0.25) is 5.95 Å². The molecule has 0 saturated carbocycles. The molecule has 0 unspecified atom stereocenters. The molecule has 2 aromatic carbocycles. The van der Waals surface area contributed by atoms with Gasteiger partial charge in [0.1, 0.15) is 12.4 Å². The van der Waals surface area contributed by atoms with Gasteiger partial charge >= 0.3 is 5.97 Å². The van der Waals surface area contributed by atoms with Crippen LogP contribution >= 0.6 is 0 Å². The van der Waals surface area contributed by atoms with Crippen molar-refractivity contribution >= 4 is 11.9 Å². The van der Waals surface area contributed by atoms with Crippen LogP contribution in [0.4, 0.5) is 5.95 Å². The molecule has 0 amide bonds. The summed E-state index contributed by atoms with van der Waals surface area (Å²) in [6.07, 6.45) is 3.64. The number of aromatic nitrogens is 2. The average Bonchev–Trinajstić information content (AvgIpc) is 2.71. The van der Waals surface area contributed by atoms with Gasteiger partial charge in [0.05, 0.1) is 17.8 Å². The molecule has 6 nitrogen and oxygen atoms in total. The number of rotatable bonds is 10. The van der Waals surface area contributed by atoms with Crippen LogP contribution in [-0.4, -0.2) is 34.2 Å². The average molecular weight is 405 g/mol. The summed E-state index contributed by atoms with van der Waals surface area (Å²) in [5, 5.41) is 12.6. The summed E-state index contributed by atoms with van der Waals surface area (Å²) in [7, 11) is 0. The largest absolute Gasteiger partial charge is 0.492 e. The lowest BCUT2D eigenvalue weighted by molar-refractivity contribution is 0.0694. The number of hydrogen-bond donors (Lipinski definition) is 2. The van der Waals surface area contributed by atoms with Crippen molar-refractivity contribution in [1.82, 2.24) is 9.97 Å². The molecule has 0 spiro atoms. The number of carboxylic acids is 1. The molecule has 2 N–H and O–H groups in total. The Morgan fingerprint density at radius 2 is 1.80 bits per heavy atom. The van der Waals surface area contributed by atoms with Gasteiger partial charge < -0.3 is 15.2 Å². The molecule has 0 atom stereocenters. The lowest BCUT2D eigenvalue weighted by atomic mass is 10.1. The summed E-state index contributed by atoms with van der Waals surface area (Å²) < 4.78 is 5.78. The fourth-order valence-corrected chi connectivity index (χ4v) is 3.32. The Kier molecular flexibility index (Phi) is 7.38. The number of carbonyl (C=O) groups is 1. The number of hydrogen-bond acceptors (Lipinski definition) is 5. The fourth-order valence-electron chi connectivity index (χ4n) is 3.32. The summed E-state index contributed by atoms with van der Waals surface area (Å²) >= 11 is 0. The van der Waals surface area contributed by atoms with Crippen molar-refractivity contribution in [3.8, 4) is 5.75 Å². The van der Waals surface area contributed by atoms with E-state index in [-0.39, 0.29) is 5.56 Å². The molecule has 0 aliphatic rings. The van der Waals surface area contributed by atoms with Gasteiger partial charge in [-0.1, -0.05) is 36.4 Å². The number of aromatic carboxylic acids is 1. The molecule has 0 bridgehead atoms. The van der Waals surface area contributed by atoms with Crippen LogP contribution < -0.4 is 10.1 Å². The van der Waals surface area contributed by atoms with E-state index in [0.717, 1.165) is 29.7 Å². The van der Waals surface area contributed by atoms with Crippen LogP contribution in [0.2, 0.25) is 0 Å². The third kappa shape index (κ3) is 6.30. The molecule has 0 fully saturated rings. The first-order chi connectivity index (χ1) is 14.5. The highest BCUT2D eigenvalue weighted by Gasteiger charge is 2.13. The summed E-state index contributed by atoms with van der Waals surface area (Å²) in [6, 6.07) is 16.2. The van der Waals surface area contributed by atoms with Gasteiger partial charge in [-0.15, -0.1) is 0 Å². The van der Waals surface area contributed by atoms with E-state index in [1.807, 2.05) is 44.2 Å². The van der Waals surface area contributed by atoms with Crippen LogP contribution in [-0.2, 0) is 12.8 Å².